The lowest BCUT2D eigenvalue weighted by molar-refractivity contribution is -0.121. The summed E-state index contributed by atoms with van der Waals surface area (Å²) in [6.07, 6.45) is 0. The van der Waals surface area contributed by atoms with E-state index in [-0.39, 0.29) is 18.2 Å². The van der Waals surface area contributed by atoms with E-state index >= 15 is 0 Å². The summed E-state index contributed by atoms with van der Waals surface area (Å²) in [4.78, 5) is 21.7. The average molecular weight is 240 g/mol. The van der Waals surface area contributed by atoms with Gasteiger partial charge in [-0.15, -0.1) is 0 Å². The maximum absolute atomic E-state index is 11.1. The number of hydrogen-bond donors (Lipinski definition) is 3. The highest BCUT2D eigenvalue weighted by Gasteiger charge is 2.19. The van der Waals surface area contributed by atoms with Gasteiger partial charge in [0.05, 0.1) is 12.6 Å². The number of aromatic carboxylic acids is 1. The van der Waals surface area contributed by atoms with Gasteiger partial charge < -0.3 is 15.3 Å². The molecule has 1 heterocycles. The van der Waals surface area contributed by atoms with Gasteiger partial charge in [-0.2, -0.15) is 0 Å². The van der Waals surface area contributed by atoms with Gasteiger partial charge in [0, 0.05) is 0 Å². The van der Waals surface area contributed by atoms with Crippen LogP contribution in [0.5, 0.6) is 0 Å². The van der Waals surface area contributed by atoms with Crippen molar-refractivity contribution in [1.29, 1.82) is 0 Å². The molecule has 1 unspecified atom stereocenters. The van der Waals surface area contributed by atoms with Gasteiger partial charge in [-0.1, -0.05) is 13.8 Å². The number of carbonyl (C=O) groups is 2. The fraction of sp³-hybridized carbons (Fsp3) is 0.455. The molecule has 1 aromatic heterocycles. The summed E-state index contributed by atoms with van der Waals surface area (Å²) in [7, 11) is 0. The molecule has 6 heteroatoms. The van der Waals surface area contributed by atoms with E-state index in [1.807, 2.05) is 13.8 Å². The Morgan fingerprint density at radius 1 is 1.47 bits per heavy atom. The van der Waals surface area contributed by atoms with Gasteiger partial charge in [0.15, 0.2) is 0 Å². The molecule has 0 aromatic carbocycles. The number of hydrogen-bond acceptors (Lipinski definition) is 4. The lowest BCUT2D eigenvalue weighted by Gasteiger charge is -2.17. The van der Waals surface area contributed by atoms with Gasteiger partial charge in [0.1, 0.15) is 5.76 Å². The van der Waals surface area contributed by atoms with Gasteiger partial charge in [-0.3, -0.25) is 10.1 Å². The molecular formula is C11H16N2O4. The lowest BCUT2D eigenvalue weighted by Crippen LogP contribution is -2.44. The summed E-state index contributed by atoms with van der Waals surface area (Å²) < 4.78 is 5.04. The molecule has 4 N–H and O–H groups in total. The highest BCUT2D eigenvalue weighted by molar-refractivity contribution is 5.84. The number of nitrogens with one attached hydrogen (secondary N) is 1. The molecule has 1 atom stereocenters. The van der Waals surface area contributed by atoms with Crippen LogP contribution in [-0.4, -0.2) is 23.0 Å². The Morgan fingerprint density at radius 3 is 2.53 bits per heavy atom. The van der Waals surface area contributed by atoms with Gasteiger partial charge in [-0.25, -0.2) is 4.79 Å². The van der Waals surface area contributed by atoms with Crippen LogP contribution in [-0.2, 0) is 11.3 Å². The number of primary amides is 1. The standard InChI is InChI=1S/C11H16N2O4/c1-6(2)9(10(12)14)13-5-7-3-4-8(17-7)11(15)16/h3-4,6,9,13H,5H2,1-2H3,(H2,12,14)(H,15,16). The third kappa shape index (κ3) is 3.60. The van der Waals surface area contributed by atoms with E-state index in [9.17, 15) is 9.59 Å². The number of carboxylic acids is 1. The molecule has 1 rings (SSSR count). The summed E-state index contributed by atoms with van der Waals surface area (Å²) in [5.74, 6) is -1.17. The number of nitrogens with two attached hydrogens (primary N) is 1. The first-order valence-corrected chi connectivity index (χ1v) is 5.26. The van der Waals surface area contributed by atoms with Crippen LogP contribution in [0, 0.1) is 5.92 Å². The Balaban J connectivity index is 2.59. The monoisotopic (exact) mass is 240 g/mol. The van der Waals surface area contributed by atoms with E-state index in [1.165, 1.54) is 6.07 Å². The molecule has 0 aliphatic heterocycles. The quantitative estimate of drug-likeness (QED) is 0.674. The van der Waals surface area contributed by atoms with Crippen LogP contribution in [0.25, 0.3) is 0 Å². The topological polar surface area (TPSA) is 106 Å². The van der Waals surface area contributed by atoms with E-state index in [0.29, 0.717) is 5.76 Å². The van der Waals surface area contributed by atoms with Crippen molar-refractivity contribution in [2.24, 2.45) is 11.7 Å². The molecule has 0 aliphatic carbocycles. The molecule has 94 valence electrons. The number of carbonyl (C=O) groups excluding carboxylic acids is 1. The van der Waals surface area contributed by atoms with Crippen molar-refractivity contribution in [3.05, 3.63) is 23.7 Å². The summed E-state index contributed by atoms with van der Waals surface area (Å²) in [6, 6.07) is 2.46. The molecule has 17 heavy (non-hydrogen) atoms. The zero-order valence-corrected chi connectivity index (χ0v) is 9.77. The second kappa shape index (κ2) is 5.49. The number of carboxylic acid groups (broad SMARTS) is 1. The second-order valence-corrected chi connectivity index (χ2v) is 4.08. The van der Waals surface area contributed by atoms with E-state index in [1.54, 1.807) is 6.07 Å². The summed E-state index contributed by atoms with van der Waals surface area (Å²) in [5.41, 5.74) is 5.23. The fourth-order valence-corrected chi connectivity index (χ4v) is 1.46. The smallest absolute Gasteiger partial charge is 0.371 e. The molecule has 0 saturated heterocycles. The van der Waals surface area contributed by atoms with Crippen molar-refractivity contribution in [1.82, 2.24) is 5.32 Å². The van der Waals surface area contributed by atoms with Crippen molar-refractivity contribution < 1.29 is 19.1 Å². The Hall–Kier alpha value is -1.82. The van der Waals surface area contributed by atoms with Gasteiger partial charge in [-0.05, 0) is 18.1 Å². The minimum atomic E-state index is -1.12. The molecule has 0 spiro atoms. The fourth-order valence-electron chi connectivity index (χ4n) is 1.46. The van der Waals surface area contributed by atoms with Crippen LogP contribution < -0.4 is 11.1 Å². The minimum Gasteiger partial charge on any atom is -0.475 e. The Labute approximate surface area is 98.8 Å². The van der Waals surface area contributed by atoms with E-state index in [2.05, 4.69) is 5.32 Å². The normalized spacial score (nSPS) is 12.6. The molecule has 6 nitrogen and oxygen atoms in total. The SMILES string of the molecule is CC(C)C(NCc1ccc(C(=O)O)o1)C(N)=O. The first-order chi connectivity index (χ1) is 7.91. The van der Waals surface area contributed by atoms with Crippen molar-refractivity contribution in [3.8, 4) is 0 Å². The highest BCUT2D eigenvalue weighted by atomic mass is 16.4. The Kier molecular flexibility index (Phi) is 4.28. The zero-order chi connectivity index (χ0) is 13.0. The third-order valence-corrected chi connectivity index (χ3v) is 2.34. The Bertz CT molecular complexity index is 411. The summed E-state index contributed by atoms with van der Waals surface area (Å²) in [6.45, 7) is 4.00. The third-order valence-electron chi connectivity index (χ3n) is 2.34. The second-order valence-electron chi connectivity index (χ2n) is 4.08. The number of amides is 1. The molecule has 0 aliphatic rings. The van der Waals surface area contributed by atoms with Crippen LogP contribution in [0.2, 0.25) is 0 Å². The first kappa shape index (κ1) is 13.2. The zero-order valence-electron chi connectivity index (χ0n) is 9.77. The Morgan fingerprint density at radius 2 is 2.12 bits per heavy atom. The van der Waals surface area contributed by atoms with Crippen LogP contribution in [0.4, 0.5) is 0 Å². The largest absolute Gasteiger partial charge is 0.475 e. The van der Waals surface area contributed by atoms with Crippen molar-refractivity contribution in [2.75, 3.05) is 0 Å². The van der Waals surface area contributed by atoms with Crippen LogP contribution in [0.15, 0.2) is 16.5 Å². The highest BCUT2D eigenvalue weighted by Crippen LogP contribution is 2.09. The molecule has 1 aromatic rings. The number of furan rings is 1. The predicted molar refractivity (Wildman–Crippen MR) is 60.3 cm³/mol. The van der Waals surface area contributed by atoms with Crippen LogP contribution in [0.1, 0.15) is 30.2 Å². The lowest BCUT2D eigenvalue weighted by atomic mass is 10.0. The first-order valence-electron chi connectivity index (χ1n) is 5.26. The van der Waals surface area contributed by atoms with Crippen molar-refractivity contribution in [3.63, 3.8) is 0 Å². The maximum Gasteiger partial charge on any atom is 0.371 e. The van der Waals surface area contributed by atoms with E-state index in [4.69, 9.17) is 15.3 Å². The molecule has 1 amide bonds. The number of rotatable bonds is 6. The molecule has 0 bridgehead atoms. The van der Waals surface area contributed by atoms with Gasteiger partial charge in [0.2, 0.25) is 11.7 Å². The molecule has 0 fully saturated rings. The van der Waals surface area contributed by atoms with Gasteiger partial charge >= 0.3 is 5.97 Å². The molecule has 0 saturated carbocycles. The summed E-state index contributed by atoms with van der Waals surface area (Å²) in [5, 5.41) is 11.6. The van der Waals surface area contributed by atoms with Crippen molar-refractivity contribution in [2.45, 2.75) is 26.4 Å². The maximum atomic E-state index is 11.1. The average Bonchev–Trinajstić information content (AvgIpc) is 2.65. The summed E-state index contributed by atoms with van der Waals surface area (Å²) >= 11 is 0. The van der Waals surface area contributed by atoms with E-state index < -0.39 is 17.9 Å². The van der Waals surface area contributed by atoms with Crippen molar-refractivity contribution >= 4 is 11.9 Å². The van der Waals surface area contributed by atoms with Gasteiger partial charge in [0.25, 0.3) is 0 Å². The minimum absolute atomic E-state index is 0.0569. The van der Waals surface area contributed by atoms with E-state index in [0.717, 1.165) is 0 Å². The van der Waals surface area contributed by atoms with Crippen LogP contribution >= 0.6 is 0 Å². The molecular weight excluding hydrogens is 224 g/mol. The molecule has 0 radical (unpaired) electrons. The predicted octanol–water partition coefficient (Wildman–Crippen LogP) is 0.577. The van der Waals surface area contributed by atoms with Crippen LogP contribution in [0.3, 0.4) is 0 Å².